The number of rotatable bonds is 15. The quantitative estimate of drug-likeness (QED) is 0.112. The van der Waals surface area contributed by atoms with Crippen LogP contribution in [-0.4, -0.2) is 71.4 Å². The zero-order chi connectivity index (χ0) is 27.4. The monoisotopic (exact) mass is 614 g/mol. The van der Waals surface area contributed by atoms with Crippen LogP contribution in [0.3, 0.4) is 0 Å². The van der Waals surface area contributed by atoms with Gasteiger partial charge >= 0.3 is 5.97 Å². The third-order valence-electron chi connectivity index (χ3n) is 5.53. The van der Waals surface area contributed by atoms with Gasteiger partial charge in [-0.2, -0.15) is 0 Å². The summed E-state index contributed by atoms with van der Waals surface area (Å²) >= 11 is 10.2. The van der Waals surface area contributed by atoms with Gasteiger partial charge in [-0.3, -0.25) is 19.3 Å². The van der Waals surface area contributed by atoms with E-state index in [9.17, 15) is 14.4 Å². The minimum atomic E-state index is -0.194. The predicted octanol–water partition coefficient (Wildman–Crippen LogP) is 5.42. The fourth-order valence-corrected chi connectivity index (χ4v) is 5.55. The van der Waals surface area contributed by atoms with Crippen LogP contribution >= 0.6 is 39.9 Å². The molecule has 0 radical (unpaired) electrons. The second kappa shape index (κ2) is 16.0. The number of ether oxygens (including phenoxy) is 3. The molecule has 0 aliphatic carbocycles. The van der Waals surface area contributed by atoms with Crippen molar-refractivity contribution >= 4 is 68.1 Å². The summed E-state index contributed by atoms with van der Waals surface area (Å²) in [5, 5.41) is 0. The molecule has 8 nitrogen and oxygen atoms in total. The number of carbonyl (C=O) groups excluding carboxylic acids is 3. The number of nitrogens with zero attached hydrogens (tertiary/aromatic N) is 2. The largest absolute Gasteiger partial charge is 0.490 e. The smallest absolute Gasteiger partial charge is 0.305 e. The van der Waals surface area contributed by atoms with E-state index in [1.807, 2.05) is 26.8 Å². The molecule has 0 N–H and O–H groups in total. The molecule has 2 rings (SSSR count). The summed E-state index contributed by atoms with van der Waals surface area (Å²) in [5.41, 5.74) is 0.743. The summed E-state index contributed by atoms with van der Waals surface area (Å²) < 4.78 is 17.7. The fourth-order valence-electron chi connectivity index (χ4n) is 3.67. The highest BCUT2D eigenvalue weighted by molar-refractivity contribution is 9.10. The number of benzene rings is 1. The molecule has 1 aromatic rings. The predicted molar refractivity (Wildman–Crippen MR) is 154 cm³/mol. The van der Waals surface area contributed by atoms with E-state index in [0.717, 1.165) is 18.4 Å². The fraction of sp³-hybridized carbons (Fsp3) is 0.538. The number of thioether (sulfide) groups is 1. The first-order valence-electron chi connectivity index (χ1n) is 12.5. The van der Waals surface area contributed by atoms with Crippen LogP contribution in [0.2, 0.25) is 0 Å². The van der Waals surface area contributed by atoms with Gasteiger partial charge in [0.2, 0.25) is 0 Å². The van der Waals surface area contributed by atoms with Crippen LogP contribution < -0.4 is 9.47 Å². The highest BCUT2D eigenvalue weighted by atomic mass is 79.9. The molecule has 11 heteroatoms. The molecule has 1 aromatic carbocycles. The lowest BCUT2D eigenvalue weighted by molar-refractivity contribution is -0.143. The molecule has 2 amide bonds. The van der Waals surface area contributed by atoms with E-state index in [0.29, 0.717) is 70.9 Å². The Morgan fingerprint density at radius 1 is 1.08 bits per heavy atom. The van der Waals surface area contributed by atoms with Crippen molar-refractivity contribution in [1.29, 1.82) is 0 Å². The summed E-state index contributed by atoms with van der Waals surface area (Å²) in [6.07, 6.45) is 4.42. The van der Waals surface area contributed by atoms with Gasteiger partial charge in [-0.15, -0.1) is 0 Å². The van der Waals surface area contributed by atoms with E-state index in [4.69, 9.17) is 26.4 Å². The number of carbonyl (C=O) groups is 3. The SMILES string of the molecule is CCOC(=O)CCCCCN1C(=O)/C(=C\c2cc(Br)c(OCC(=O)N(CC)CC)c(OCC)c2)SC1=S. The number of hydrogen-bond donors (Lipinski definition) is 0. The molecule has 0 spiro atoms. The number of likely N-dealkylation sites (N-methyl/N-ethyl adjacent to an activating group) is 1. The molecule has 0 aromatic heterocycles. The number of unbranched alkanes of at least 4 members (excludes halogenated alkanes) is 2. The first-order chi connectivity index (χ1) is 17.7. The summed E-state index contributed by atoms with van der Waals surface area (Å²) in [7, 11) is 0. The Morgan fingerprint density at radius 3 is 2.46 bits per heavy atom. The van der Waals surface area contributed by atoms with Gasteiger partial charge in [-0.25, -0.2) is 0 Å². The molecule has 37 heavy (non-hydrogen) atoms. The zero-order valence-electron chi connectivity index (χ0n) is 21.8. The van der Waals surface area contributed by atoms with E-state index in [-0.39, 0.29) is 24.4 Å². The van der Waals surface area contributed by atoms with Crippen LogP contribution in [0.25, 0.3) is 6.08 Å². The van der Waals surface area contributed by atoms with Crippen molar-refractivity contribution < 1.29 is 28.6 Å². The van der Waals surface area contributed by atoms with Crippen molar-refractivity contribution in [1.82, 2.24) is 9.80 Å². The van der Waals surface area contributed by atoms with Crippen LogP contribution in [0.1, 0.15) is 58.9 Å². The Kier molecular flexibility index (Phi) is 13.4. The van der Waals surface area contributed by atoms with Crippen molar-refractivity contribution in [2.45, 2.75) is 53.4 Å². The Balaban J connectivity index is 2.07. The molecule has 204 valence electrons. The summed E-state index contributed by atoms with van der Waals surface area (Å²) in [6.45, 7) is 9.93. The standard InChI is InChI=1S/C26H35BrN2O6S2/c1-5-28(6-2)22(30)17-35-24-19(27)14-18(15-20(24)33-7-3)16-21-25(32)29(26(36)37-21)13-11-9-10-12-23(31)34-8-4/h14-16H,5-13,17H2,1-4H3/b21-16+. The van der Waals surface area contributed by atoms with Gasteiger partial charge in [0, 0.05) is 26.1 Å². The maximum Gasteiger partial charge on any atom is 0.305 e. The van der Waals surface area contributed by atoms with Crippen molar-refractivity contribution in [3.05, 3.63) is 27.1 Å². The number of hydrogen-bond acceptors (Lipinski definition) is 8. The maximum atomic E-state index is 13.0. The first kappa shape index (κ1) is 31.1. The van der Waals surface area contributed by atoms with E-state index in [2.05, 4.69) is 15.9 Å². The van der Waals surface area contributed by atoms with Gasteiger partial charge < -0.3 is 19.1 Å². The molecule has 0 bridgehead atoms. The average Bonchev–Trinajstić information content (AvgIpc) is 3.11. The minimum Gasteiger partial charge on any atom is -0.490 e. The second-order valence-corrected chi connectivity index (χ2v) is 10.6. The third-order valence-corrected chi connectivity index (χ3v) is 7.49. The van der Waals surface area contributed by atoms with Gasteiger partial charge in [0.15, 0.2) is 18.1 Å². The van der Waals surface area contributed by atoms with Crippen molar-refractivity contribution in [2.24, 2.45) is 0 Å². The number of halogens is 1. The molecular formula is C26H35BrN2O6S2. The highest BCUT2D eigenvalue weighted by Gasteiger charge is 2.31. The second-order valence-electron chi connectivity index (χ2n) is 8.07. The molecule has 1 saturated heterocycles. The van der Waals surface area contributed by atoms with Gasteiger partial charge in [0.25, 0.3) is 11.8 Å². The highest BCUT2D eigenvalue weighted by Crippen LogP contribution is 2.39. The summed E-state index contributed by atoms with van der Waals surface area (Å²) in [6, 6.07) is 3.61. The van der Waals surface area contributed by atoms with Gasteiger partial charge in [0.05, 0.1) is 22.6 Å². The van der Waals surface area contributed by atoms with Gasteiger partial charge in [0.1, 0.15) is 4.32 Å². The molecule has 1 aliphatic heterocycles. The summed E-state index contributed by atoms with van der Waals surface area (Å²) in [4.78, 5) is 40.7. The number of esters is 1. The van der Waals surface area contributed by atoms with Crippen LogP contribution in [0.15, 0.2) is 21.5 Å². The van der Waals surface area contributed by atoms with Gasteiger partial charge in [-0.1, -0.05) is 30.4 Å². The number of amides is 2. The Morgan fingerprint density at radius 2 is 1.81 bits per heavy atom. The molecular weight excluding hydrogens is 580 g/mol. The normalized spacial score (nSPS) is 14.3. The molecule has 1 fully saturated rings. The van der Waals surface area contributed by atoms with Crippen LogP contribution in [-0.2, 0) is 19.1 Å². The summed E-state index contributed by atoms with van der Waals surface area (Å²) in [5.74, 6) is 0.482. The molecule has 1 aliphatic rings. The first-order valence-corrected chi connectivity index (χ1v) is 14.5. The Labute approximate surface area is 237 Å². The van der Waals surface area contributed by atoms with Crippen molar-refractivity contribution in [3.63, 3.8) is 0 Å². The van der Waals surface area contributed by atoms with Crippen LogP contribution in [0, 0.1) is 0 Å². The van der Waals surface area contributed by atoms with Crippen molar-refractivity contribution in [2.75, 3.05) is 39.5 Å². The lowest BCUT2D eigenvalue weighted by Crippen LogP contribution is -2.34. The molecule has 1 heterocycles. The van der Waals surface area contributed by atoms with Gasteiger partial charge in [-0.05, 0) is 80.2 Å². The van der Waals surface area contributed by atoms with Crippen molar-refractivity contribution in [3.8, 4) is 11.5 Å². The lowest BCUT2D eigenvalue weighted by Gasteiger charge is -2.20. The minimum absolute atomic E-state index is 0.0991. The topological polar surface area (TPSA) is 85.4 Å². The number of thiocarbonyl (C=S) groups is 1. The Hall–Kier alpha value is -2.11. The van der Waals surface area contributed by atoms with E-state index in [1.165, 1.54) is 11.8 Å². The maximum absolute atomic E-state index is 13.0. The lowest BCUT2D eigenvalue weighted by atomic mass is 10.1. The molecule has 0 unspecified atom stereocenters. The average molecular weight is 616 g/mol. The Bertz CT molecular complexity index is 1010. The zero-order valence-corrected chi connectivity index (χ0v) is 25.1. The van der Waals surface area contributed by atoms with E-state index >= 15 is 0 Å². The van der Waals surface area contributed by atoms with E-state index < -0.39 is 0 Å². The molecule has 0 atom stereocenters. The van der Waals surface area contributed by atoms with E-state index in [1.54, 1.807) is 28.9 Å². The molecule has 0 saturated carbocycles. The third kappa shape index (κ3) is 9.30. The van der Waals surface area contributed by atoms with Crippen LogP contribution in [0.4, 0.5) is 0 Å². The van der Waals surface area contributed by atoms with Crippen LogP contribution in [0.5, 0.6) is 11.5 Å².